The Kier molecular flexibility index (Phi) is 6.99. The molecule has 1 aromatic rings. The molecular weight excluding hydrogens is 290 g/mol. The molecule has 1 aromatic carbocycles. The molecule has 4 nitrogen and oxygen atoms in total. The SMILES string of the molecule is CCC[C@@H](Oc1ccc(C)cc1Cl)[C@H](C)OC(=O)[C@H](C)N. The number of benzene rings is 1. The van der Waals surface area contributed by atoms with Crippen LogP contribution in [-0.2, 0) is 9.53 Å². The summed E-state index contributed by atoms with van der Waals surface area (Å²) in [5.41, 5.74) is 6.58. The van der Waals surface area contributed by atoms with Crippen LogP contribution in [0.5, 0.6) is 5.75 Å². The Morgan fingerprint density at radius 3 is 2.57 bits per heavy atom. The summed E-state index contributed by atoms with van der Waals surface area (Å²) in [4.78, 5) is 11.6. The fraction of sp³-hybridized carbons (Fsp3) is 0.562. The van der Waals surface area contributed by atoms with E-state index in [1.165, 1.54) is 0 Å². The van der Waals surface area contributed by atoms with E-state index < -0.39 is 12.0 Å². The first-order valence-corrected chi connectivity index (χ1v) is 7.61. The van der Waals surface area contributed by atoms with Gasteiger partial charge in [-0.05, 0) is 44.9 Å². The number of rotatable bonds is 7. The van der Waals surface area contributed by atoms with Gasteiger partial charge in [-0.15, -0.1) is 0 Å². The number of nitrogens with two attached hydrogens (primary N) is 1. The second-order valence-electron chi connectivity index (χ2n) is 5.31. The third-order valence-corrected chi connectivity index (χ3v) is 3.43. The summed E-state index contributed by atoms with van der Waals surface area (Å²) < 4.78 is 11.3. The fourth-order valence-electron chi connectivity index (χ4n) is 1.90. The average Bonchev–Trinajstić information content (AvgIpc) is 2.40. The average molecular weight is 314 g/mol. The predicted octanol–water partition coefficient (Wildman–Crippen LogP) is 3.47. The first kappa shape index (κ1) is 17.8. The van der Waals surface area contributed by atoms with Crippen LogP contribution in [0.2, 0.25) is 5.02 Å². The summed E-state index contributed by atoms with van der Waals surface area (Å²) in [6.45, 7) is 7.42. The molecule has 0 amide bonds. The molecule has 21 heavy (non-hydrogen) atoms. The Morgan fingerprint density at radius 2 is 2.05 bits per heavy atom. The number of halogens is 1. The minimum Gasteiger partial charge on any atom is -0.485 e. The molecule has 0 bridgehead atoms. The Morgan fingerprint density at radius 1 is 1.38 bits per heavy atom. The molecule has 0 aromatic heterocycles. The van der Waals surface area contributed by atoms with Gasteiger partial charge < -0.3 is 15.2 Å². The van der Waals surface area contributed by atoms with Gasteiger partial charge in [-0.2, -0.15) is 0 Å². The van der Waals surface area contributed by atoms with Gasteiger partial charge in [0.2, 0.25) is 0 Å². The van der Waals surface area contributed by atoms with Gasteiger partial charge >= 0.3 is 5.97 Å². The van der Waals surface area contributed by atoms with Gasteiger partial charge in [0, 0.05) is 0 Å². The molecule has 2 N–H and O–H groups in total. The summed E-state index contributed by atoms with van der Waals surface area (Å²) in [6, 6.07) is 4.97. The lowest BCUT2D eigenvalue weighted by atomic mass is 10.1. The monoisotopic (exact) mass is 313 g/mol. The molecule has 0 saturated carbocycles. The van der Waals surface area contributed by atoms with E-state index in [1.807, 2.05) is 39.0 Å². The van der Waals surface area contributed by atoms with Crippen molar-refractivity contribution in [2.45, 2.75) is 58.8 Å². The van der Waals surface area contributed by atoms with Crippen LogP contribution in [0.25, 0.3) is 0 Å². The van der Waals surface area contributed by atoms with Gasteiger partial charge in [-0.25, -0.2) is 0 Å². The fourth-order valence-corrected chi connectivity index (χ4v) is 2.18. The molecule has 0 unspecified atom stereocenters. The first-order valence-electron chi connectivity index (χ1n) is 7.24. The van der Waals surface area contributed by atoms with Crippen molar-refractivity contribution in [3.05, 3.63) is 28.8 Å². The van der Waals surface area contributed by atoms with Crippen molar-refractivity contribution in [3.8, 4) is 5.75 Å². The van der Waals surface area contributed by atoms with Crippen molar-refractivity contribution in [2.75, 3.05) is 0 Å². The third kappa shape index (κ3) is 5.56. The number of carbonyl (C=O) groups excluding carboxylic acids is 1. The number of carbonyl (C=O) groups is 1. The second kappa shape index (κ2) is 8.25. The third-order valence-electron chi connectivity index (χ3n) is 3.14. The van der Waals surface area contributed by atoms with E-state index in [0.29, 0.717) is 10.8 Å². The number of aryl methyl sites for hydroxylation is 1. The molecule has 0 fully saturated rings. The largest absolute Gasteiger partial charge is 0.485 e. The van der Waals surface area contributed by atoms with Gasteiger partial charge in [0.1, 0.15) is 24.0 Å². The highest BCUT2D eigenvalue weighted by atomic mass is 35.5. The van der Waals surface area contributed by atoms with Crippen LogP contribution in [0, 0.1) is 6.92 Å². The molecule has 5 heteroatoms. The van der Waals surface area contributed by atoms with Gasteiger partial charge in [0.25, 0.3) is 0 Å². The minimum absolute atomic E-state index is 0.252. The first-order chi connectivity index (χ1) is 9.85. The quantitative estimate of drug-likeness (QED) is 0.783. The summed E-state index contributed by atoms with van der Waals surface area (Å²) in [5.74, 6) is 0.173. The standard InChI is InChI=1S/C16H24ClNO3/c1-5-6-14(12(4)20-16(19)11(3)18)21-15-8-7-10(2)9-13(15)17/h7-9,11-12,14H,5-6,18H2,1-4H3/t11-,12-,14+/m0/s1. The summed E-state index contributed by atoms with van der Waals surface area (Å²) in [5, 5.41) is 0.557. The minimum atomic E-state index is -0.641. The van der Waals surface area contributed by atoms with E-state index >= 15 is 0 Å². The highest BCUT2D eigenvalue weighted by molar-refractivity contribution is 6.32. The molecule has 0 spiro atoms. The normalized spacial score (nSPS) is 15.1. The summed E-state index contributed by atoms with van der Waals surface area (Å²) >= 11 is 6.18. The van der Waals surface area contributed by atoms with Crippen LogP contribution < -0.4 is 10.5 Å². The molecule has 3 atom stereocenters. The molecule has 0 aliphatic rings. The number of hydrogen-bond donors (Lipinski definition) is 1. The highest BCUT2D eigenvalue weighted by Gasteiger charge is 2.24. The predicted molar refractivity (Wildman–Crippen MR) is 84.7 cm³/mol. The van der Waals surface area contributed by atoms with Gasteiger partial charge in [-0.1, -0.05) is 31.0 Å². The van der Waals surface area contributed by atoms with Gasteiger partial charge in [-0.3, -0.25) is 4.79 Å². The maximum absolute atomic E-state index is 11.6. The number of esters is 1. The molecule has 0 aliphatic carbocycles. The highest BCUT2D eigenvalue weighted by Crippen LogP contribution is 2.28. The van der Waals surface area contributed by atoms with Crippen LogP contribution >= 0.6 is 11.6 Å². The van der Waals surface area contributed by atoms with Crippen molar-refractivity contribution in [3.63, 3.8) is 0 Å². The summed E-state index contributed by atoms with van der Waals surface area (Å²) in [7, 11) is 0. The topological polar surface area (TPSA) is 61.5 Å². The number of ether oxygens (including phenoxy) is 2. The lowest BCUT2D eigenvalue weighted by Gasteiger charge is -2.26. The Balaban J connectivity index is 2.78. The zero-order valence-corrected chi connectivity index (χ0v) is 13.8. The lowest BCUT2D eigenvalue weighted by molar-refractivity contribution is -0.154. The summed E-state index contributed by atoms with van der Waals surface area (Å²) in [6.07, 6.45) is 1.03. The second-order valence-corrected chi connectivity index (χ2v) is 5.72. The zero-order chi connectivity index (χ0) is 16.0. The van der Waals surface area contributed by atoms with Crippen molar-refractivity contribution >= 4 is 17.6 Å². The van der Waals surface area contributed by atoms with E-state index in [2.05, 4.69) is 0 Å². The number of hydrogen-bond acceptors (Lipinski definition) is 4. The van der Waals surface area contributed by atoms with E-state index in [-0.39, 0.29) is 12.2 Å². The van der Waals surface area contributed by atoms with Crippen LogP contribution in [0.15, 0.2) is 18.2 Å². The van der Waals surface area contributed by atoms with Crippen molar-refractivity contribution < 1.29 is 14.3 Å². The molecule has 0 heterocycles. The van der Waals surface area contributed by atoms with Crippen molar-refractivity contribution in [1.29, 1.82) is 0 Å². The Labute approximate surface area is 131 Å². The van der Waals surface area contributed by atoms with Gasteiger partial charge in [0.15, 0.2) is 0 Å². The van der Waals surface area contributed by atoms with Crippen molar-refractivity contribution in [1.82, 2.24) is 0 Å². The van der Waals surface area contributed by atoms with E-state index in [9.17, 15) is 4.79 Å². The Bertz CT molecular complexity index is 477. The molecule has 0 aliphatic heterocycles. The van der Waals surface area contributed by atoms with E-state index in [0.717, 1.165) is 18.4 Å². The zero-order valence-electron chi connectivity index (χ0n) is 13.1. The van der Waals surface area contributed by atoms with Crippen LogP contribution in [-0.4, -0.2) is 24.2 Å². The molecule has 0 saturated heterocycles. The van der Waals surface area contributed by atoms with Crippen LogP contribution in [0.4, 0.5) is 0 Å². The molecule has 118 valence electrons. The molecular formula is C16H24ClNO3. The lowest BCUT2D eigenvalue weighted by Crippen LogP contribution is -2.38. The molecule has 1 rings (SSSR count). The maximum Gasteiger partial charge on any atom is 0.323 e. The van der Waals surface area contributed by atoms with Crippen LogP contribution in [0.1, 0.15) is 39.2 Å². The van der Waals surface area contributed by atoms with Gasteiger partial charge in [0.05, 0.1) is 5.02 Å². The van der Waals surface area contributed by atoms with Crippen LogP contribution in [0.3, 0.4) is 0 Å². The van der Waals surface area contributed by atoms with Crippen molar-refractivity contribution in [2.24, 2.45) is 5.73 Å². The Hall–Kier alpha value is -1.26. The van der Waals surface area contributed by atoms with E-state index in [1.54, 1.807) is 6.92 Å². The maximum atomic E-state index is 11.6. The molecule has 0 radical (unpaired) electrons. The smallest absolute Gasteiger partial charge is 0.323 e. The van der Waals surface area contributed by atoms with E-state index in [4.69, 9.17) is 26.8 Å².